The first-order valence-corrected chi connectivity index (χ1v) is 11.2. The largest absolute Gasteiger partial charge is 0.507 e. The third kappa shape index (κ3) is 5.17. The highest BCUT2D eigenvalue weighted by molar-refractivity contribution is 6.46. The van der Waals surface area contributed by atoms with Crippen LogP contribution in [-0.2, 0) is 14.3 Å². The van der Waals surface area contributed by atoms with Gasteiger partial charge in [-0.15, -0.1) is 0 Å². The summed E-state index contributed by atoms with van der Waals surface area (Å²) in [6.45, 7) is 3.15. The summed E-state index contributed by atoms with van der Waals surface area (Å²) in [5.41, 5.74) is 1.03. The first kappa shape index (κ1) is 25.1. The molecule has 1 fully saturated rings. The van der Waals surface area contributed by atoms with Gasteiger partial charge < -0.3 is 29.0 Å². The fourth-order valence-corrected chi connectivity index (χ4v) is 3.87. The second kappa shape index (κ2) is 11.6. The van der Waals surface area contributed by atoms with E-state index in [-0.39, 0.29) is 24.5 Å². The molecule has 1 N–H and O–H groups in total. The topological polar surface area (TPSA) is 94.5 Å². The molecule has 1 unspecified atom stereocenters. The molecule has 0 radical (unpaired) electrons. The molecule has 2 aromatic rings. The van der Waals surface area contributed by atoms with Crippen LogP contribution in [-0.4, -0.2) is 62.8 Å². The predicted octanol–water partition coefficient (Wildman–Crippen LogP) is 3.95. The molecule has 8 nitrogen and oxygen atoms in total. The van der Waals surface area contributed by atoms with Crippen molar-refractivity contribution in [3.05, 3.63) is 59.2 Å². The summed E-state index contributed by atoms with van der Waals surface area (Å²) in [6.07, 6.45) is 1.98. The molecule has 1 atom stereocenters. The second-order valence-electron chi connectivity index (χ2n) is 7.83. The van der Waals surface area contributed by atoms with Crippen LogP contribution in [0.1, 0.15) is 36.9 Å². The quantitative estimate of drug-likeness (QED) is 0.230. The molecule has 1 aliphatic heterocycles. The fourth-order valence-electron chi connectivity index (χ4n) is 3.87. The third-order valence-electron chi connectivity index (χ3n) is 5.70. The Balaban J connectivity index is 2.06. The van der Waals surface area contributed by atoms with E-state index >= 15 is 0 Å². The maximum absolute atomic E-state index is 13.1. The summed E-state index contributed by atoms with van der Waals surface area (Å²) in [5.74, 6) is -0.150. The summed E-state index contributed by atoms with van der Waals surface area (Å²) >= 11 is 0. The Labute approximate surface area is 199 Å². The van der Waals surface area contributed by atoms with E-state index in [0.29, 0.717) is 35.0 Å². The second-order valence-corrected chi connectivity index (χ2v) is 7.83. The molecule has 1 heterocycles. The van der Waals surface area contributed by atoms with Gasteiger partial charge >= 0.3 is 0 Å². The lowest BCUT2D eigenvalue weighted by Gasteiger charge is -2.25. The SMILES string of the molecule is CCCCOc1ccc(C2/C(=C(/O)c3ccc(OC)c(OC)c3)C(=O)C(=O)N2CCOC)cc1. The Morgan fingerprint density at radius 3 is 2.29 bits per heavy atom. The number of likely N-dealkylation sites (tertiary alicyclic amines) is 1. The lowest BCUT2D eigenvalue weighted by Crippen LogP contribution is -2.32. The van der Waals surface area contributed by atoms with Gasteiger partial charge in [-0.3, -0.25) is 9.59 Å². The zero-order chi connectivity index (χ0) is 24.7. The number of unbranched alkanes of at least 4 members (excludes halogenated alkanes) is 1. The number of Topliss-reactive ketones (excluding diaryl/α,β-unsaturated/α-hetero) is 1. The van der Waals surface area contributed by atoms with Gasteiger partial charge in [-0.05, 0) is 42.3 Å². The molecular formula is C26H31NO7. The molecule has 0 saturated carbocycles. The van der Waals surface area contributed by atoms with E-state index in [2.05, 4.69) is 6.92 Å². The van der Waals surface area contributed by atoms with Gasteiger partial charge in [0.2, 0.25) is 0 Å². The molecule has 0 aromatic heterocycles. The molecule has 0 bridgehead atoms. The molecule has 2 aromatic carbocycles. The number of aliphatic hydroxyl groups is 1. The lowest BCUT2D eigenvalue weighted by molar-refractivity contribution is -0.140. The number of hydrogen-bond acceptors (Lipinski definition) is 7. The molecular weight excluding hydrogens is 438 g/mol. The Morgan fingerprint density at radius 2 is 1.68 bits per heavy atom. The van der Waals surface area contributed by atoms with E-state index in [0.717, 1.165) is 12.8 Å². The minimum Gasteiger partial charge on any atom is -0.507 e. The van der Waals surface area contributed by atoms with Gasteiger partial charge in [0.15, 0.2) is 11.5 Å². The predicted molar refractivity (Wildman–Crippen MR) is 127 cm³/mol. The number of benzene rings is 2. The highest BCUT2D eigenvalue weighted by Crippen LogP contribution is 2.40. The van der Waals surface area contributed by atoms with Crippen LogP contribution in [0.3, 0.4) is 0 Å². The highest BCUT2D eigenvalue weighted by Gasteiger charge is 2.45. The lowest BCUT2D eigenvalue weighted by atomic mass is 9.95. The van der Waals surface area contributed by atoms with E-state index in [1.807, 2.05) is 0 Å². The summed E-state index contributed by atoms with van der Waals surface area (Å²) < 4.78 is 21.5. The highest BCUT2D eigenvalue weighted by atomic mass is 16.5. The number of nitrogens with zero attached hydrogens (tertiary/aromatic N) is 1. The monoisotopic (exact) mass is 469 g/mol. The number of rotatable bonds is 11. The number of ketones is 1. The van der Waals surface area contributed by atoms with Gasteiger partial charge in [0.25, 0.3) is 11.7 Å². The van der Waals surface area contributed by atoms with Gasteiger partial charge in [-0.25, -0.2) is 0 Å². The Bertz CT molecular complexity index is 1050. The summed E-state index contributed by atoms with van der Waals surface area (Å²) in [6, 6.07) is 11.3. The van der Waals surface area contributed by atoms with Crippen molar-refractivity contribution in [2.45, 2.75) is 25.8 Å². The third-order valence-corrected chi connectivity index (χ3v) is 5.70. The van der Waals surface area contributed by atoms with E-state index < -0.39 is 17.7 Å². The van der Waals surface area contributed by atoms with Gasteiger partial charge in [-0.2, -0.15) is 0 Å². The zero-order valence-electron chi connectivity index (χ0n) is 20.0. The Hall–Kier alpha value is -3.52. The molecule has 182 valence electrons. The normalized spacial score (nSPS) is 17.2. The molecule has 8 heteroatoms. The minimum atomic E-state index is -0.770. The number of aliphatic hydroxyl groups excluding tert-OH is 1. The maximum Gasteiger partial charge on any atom is 0.295 e. The van der Waals surface area contributed by atoms with Crippen molar-refractivity contribution in [2.75, 3.05) is 41.1 Å². The van der Waals surface area contributed by atoms with Crippen LogP contribution in [0.4, 0.5) is 0 Å². The number of hydrogen-bond donors (Lipinski definition) is 1. The van der Waals surface area contributed by atoms with Crippen LogP contribution in [0.15, 0.2) is 48.0 Å². The van der Waals surface area contributed by atoms with Crippen LogP contribution in [0.25, 0.3) is 5.76 Å². The van der Waals surface area contributed by atoms with Crippen molar-refractivity contribution >= 4 is 17.4 Å². The number of ether oxygens (including phenoxy) is 4. The van der Waals surface area contributed by atoms with E-state index in [1.165, 1.54) is 26.2 Å². The summed E-state index contributed by atoms with van der Waals surface area (Å²) in [7, 11) is 4.52. The van der Waals surface area contributed by atoms with Crippen molar-refractivity contribution in [1.82, 2.24) is 4.90 Å². The number of amides is 1. The van der Waals surface area contributed by atoms with Crippen LogP contribution in [0, 0.1) is 0 Å². The van der Waals surface area contributed by atoms with Crippen molar-refractivity contribution < 1.29 is 33.6 Å². The van der Waals surface area contributed by atoms with Crippen LogP contribution in [0.2, 0.25) is 0 Å². The van der Waals surface area contributed by atoms with Gasteiger partial charge in [-0.1, -0.05) is 25.5 Å². The average molecular weight is 470 g/mol. The number of carbonyl (C=O) groups excluding carboxylic acids is 2. The zero-order valence-corrected chi connectivity index (χ0v) is 20.0. The standard InChI is InChI=1S/C26H31NO7/c1-5-6-14-34-19-10-7-17(8-11-19)23-22(25(29)26(30)27(23)13-15-31-2)24(28)18-9-12-20(32-3)21(16-18)33-4/h7-12,16,23,28H,5-6,13-15H2,1-4H3/b24-22-. The van der Waals surface area contributed by atoms with Crippen LogP contribution >= 0.6 is 0 Å². The molecule has 1 aliphatic rings. The van der Waals surface area contributed by atoms with Crippen LogP contribution < -0.4 is 14.2 Å². The first-order valence-electron chi connectivity index (χ1n) is 11.2. The Morgan fingerprint density at radius 1 is 0.971 bits per heavy atom. The minimum absolute atomic E-state index is 0.00738. The molecule has 0 spiro atoms. The number of carbonyl (C=O) groups is 2. The fraction of sp³-hybridized carbons (Fsp3) is 0.385. The summed E-state index contributed by atoms with van der Waals surface area (Å²) in [5, 5.41) is 11.2. The molecule has 1 saturated heterocycles. The Kier molecular flexibility index (Phi) is 8.54. The smallest absolute Gasteiger partial charge is 0.295 e. The maximum atomic E-state index is 13.1. The van der Waals surface area contributed by atoms with Gasteiger partial charge in [0.1, 0.15) is 11.5 Å². The van der Waals surface area contributed by atoms with Gasteiger partial charge in [0, 0.05) is 19.2 Å². The van der Waals surface area contributed by atoms with Crippen LogP contribution in [0.5, 0.6) is 17.2 Å². The molecule has 1 amide bonds. The molecule has 0 aliphatic carbocycles. The number of methoxy groups -OCH3 is 3. The van der Waals surface area contributed by atoms with E-state index in [4.69, 9.17) is 18.9 Å². The van der Waals surface area contributed by atoms with Crippen molar-refractivity contribution in [2.24, 2.45) is 0 Å². The first-order chi connectivity index (χ1) is 16.5. The van der Waals surface area contributed by atoms with E-state index in [9.17, 15) is 14.7 Å². The van der Waals surface area contributed by atoms with Crippen molar-refractivity contribution in [1.29, 1.82) is 0 Å². The summed E-state index contributed by atoms with van der Waals surface area (Å²) in [4.78, 5) is 27.4. The van der Waals surface area contributed by atoms with E-state index in [1.54, 1.807) is 42.5 Å². The molecule has 34 heavy (non-hydrogen) atoms. The van der Waals surface area contributed by atoms with Gasteiger partial charge in [0.05, 0.1) is 39.0 Å². The van der Waals surface area contributed by atoms with Crippen molar-refractivity contribution in [3.63, 3.8) is 0 Å². The average Bonchev–Trinajstić information content (AvgIpc) is 3.12. The van der Waals surface area contributed by atoms with Crippen molar-refractivity contribution in [3.8, 4) is 17.2 Å². The molecule has 3 rings (SSSR count).